The van der Waals surface area contributed by atoms with Crippen molar-refractivity contribution in [2.45, 2.75) is 97.3 Å². The third-order valence-corrected chi connectivity index (χ3v) is 10.7. The van der Waals surface area contributed by atoms with Crippen LogP contribution in [0, 0.1) is 12.8 Å². The quantitative estimate of drug-likeness (QED) is 0.120. The number of urea groups is 1. The molecule has 0 radical (unpaired) electrons. The Balaban J connectivity index is 1.04. The van der Waals surface area contributed by atoms with Gasteiger partial charge in [0.2, 0.25) is 5.91 Å². The molecule has 7 rings (SSSR count). The molecular formula is C36H45N10O7P. The second-order valence-electron chi connectivity index (χ2n) is 15.8. The highest BCUT2D eigenvalue weighted by Crippen LogP contribution is 2.55. The summed E-state index contributed by atoms with van der Waals surface area (Å²) in [7, 11) is -4.19. The molecule has 286 valence electrons. The van der Waals surface area contributed by atoms with Gasteiger partial charge in [-0.3, -0.25) is 28.1 Å². The number of amides is 4. The molecule has 54 heavy (non-hydrogen) atoms. The Morgan fingerprint density at radius 2 is 1.70 bits per heavy atom. The van der Waals surface area contributed by atoms with Crippen LogP contribution in [0.15, 0.2) is 43.1 Å². The summed E-state index contributed by atoms with van der Waals surface area (Å²) in [6, 6.07) is 4.73. The average Bonchev–Trinajstić information content (AvgIpc) is 4.00. The summed E-state index contributed by atoms with van der Waals surface area (Å²) in [5, 5.41) is 6.11. The summed E-state index contributed by atoms with van der Waals surface area (Å²) in [5.74, 6) is 0.913. The predicted molar refractivity (Wildman–Crippen MR) is 198 cm³/mol. The summed E-state index contributed by atoms with van der Waals surface area (Å²) in [5.41, 5.74) is 1.69. The first kappa shape index (κ1) is 37.5. The molecule has 17 nitrogen and oxygen atoms in total. The van der Waals surface area contributed by atoms with Crippen LogP contribution in [0.4, 0.5) is 22.1 Å². The third-order valence-electron chi connectivity index (χ3n) is 8.76. The summed E-state index contributed by atoms with van der Waals surface area (Å²) in [6.45, 7) is 11.5. The Bertz CT molecular complexity index is 2140. The number of nitrogens with one attached hydrogen (secondary N) is 2. The summed E-state index contributed by atoms with van der Waals surface area (Å²) < 4.78 is 32.4. The number of fused-ring (bicyclic) bond motifs is 1. The number of hydrogen-bond donors (Lipinski definition) is 2. The van der Waals surface area contributed by atoms with Crippen molar-refractivity contribution in [3.05, 3.63) is 65.9 Å². The van der Waals surface area contributed by atoms with E-state index in [4.69, 9.17) is 18.6 Å². The van der Waals surface area contributed by atoms with Crippen molar-refractivity contribution in [3.8, 4) is 0 Å². The van der Waals surface area contributed by atoms with Crippen molar-refractivity contribution in [2.75, 3.05) is 28.8 Å². The van der Waals surface area contributed by atoms with Crippen LogP contribution in [-0.4, -0.2) is 76.5 Å². The molecule has 2 N–H and O–H groups in total. The molecule has 0 unspecified atom stereocenters. The Kier molecular flexibility index (Phi) is 9.79. The number of anilines is 3. The maximum Gasteiger partial charge on any atom is 0.477 e. The average molecular weight is 761 g/mol. The number of hydrogen-bond acceptors (Lipinski definition) is 13. The normalized spacial score (nSPS) is 19.2. The molecule has 4 aromatic heterocycles. The summed E-state index contributed by atoms with van der Waals surface area (Å²) in [6.07, 6.45) is 9.63. The van der Waals surface area contributed by atoms with Gasteiger partial charge in [-0.15, -0.1) is 0 Å². The predicted octanol–water partition coefficient (Wildman–Crippen LogP) is 5.94. The van der Waals surface area contributed by atoms with Gasteiger partial charge in [-0.2, -0.15) is 0 Å². The fourth-order valence-corrected chi connectivity index (χ4v) is 7.88. The minimum Gasteiger partial charge on any atom is -0.364 e. The zero-order valence-electron chi connectivity index (χ0n) is 31.4. The van der Waals surface area contributed by atoms with Gasteiger partial charge in [0, 0.05) is 42.2 Å². The van der Waals surface area contributed by atoms with E-state index in [0.29, 0.717) is 46.8 Å². The first-order valence-electron chi connectivity index (χ1n) is 17.9. The van der Waals surface area contributed by atoms with E-state index < -0.39 is 37.7 Å². The van der Waals surface area contributed by atoms with Gasteiger partial charge in [0.1, 0.15) is 37.1 Å². The molecule has 2 saturated carbocycles. The molecule has 18 heteroatoms. The van der Waals surface area contributed by atoms with Gasteiger partial charge in [-0.1, -0.05) is 0 Å². The lowest BCUT2D eigenvalue weighted by atomic mass is 10.1. The number of nitrogens with zero attached hydrogens (tertiary/aromatic N) is 8. The number of pyridine rings is 1. The number of imide groups is 1. The second-order valence-corrected chi connectivity index (χ2v) is 17.4. The maximum absolute atomic E-state index is 13.8. The molecule has 3 aliphatic rings. The van der Waals surface area contributed by atoms with Crippen LogP contribution in [0.2, 0.25) is 0 Å². The molecule has 5 heterocycles. The number of rotatable bonds is 13. The van der Waals surface area contributed by atoms with Crippen LogP contribution < -0.4 is 15.5 Å². The molecule has 0 bridgehead atoms. The summed E-state index contributed by atoms with van der Waals surface area (Å²) in [4.78, 5) is 64.4. The molecule has 3 fully saturated rings. The minimum absolute atomic E-state index is 0.0187. The first-order chi connectivity index (χ1) is 25.4. The lowest BCUT2D eigenvalue weighted by molar-refractivity contribution is -0.127. The number of carbonyl (C=O) groups is 3. The van der Waals surface area contributed by atoms with Gasteiger partial charge < -0.3 is 15.0 Å². The van der Waals surface area contributed by atoms with Crippen molar-refractivity contribution >= 4 is 48.6 Å². The van der Waals surface area contributed by atoms with E-state index in [1.807, 2.05) is 35.9 Å². The zero-order valence-corrected chi connectivity index (χ0v) is 32.3. The Labute approximate surface area is 312 Å². The van der Waals surface area contributed by atoms with Crippen molar-refractivity contribution in [1.29, 1.82) is 0 Å². The fourth-order valence-electron chi connectivity index (χ4n) is 6.14. The Hall–Kier alpha value is -4.83. The van der Waals surface area contributed by atoms with Crippen LogP contribution in [0.1, 0.15) is 95.4 Å². The second kappa shape index (κ2) is 14.1. The van der Waals surface area contributed by atoms with Gasteiger partial charge in [0.25, 0.3) is 5.91 Å². The van der Waals surface area contributed by atoms with Crippen LogP contribution in [0.3, 0.4) is 0 Å². The topological polar surface area (TPSA) is 195 Å². The highest BCUT2D eigenvalue weighted by molar-refractivity contribution is 7.48. The number of carbonyl (C=O) groups excluding carboxylic acids is 3. The van der Waals surface area contributed by atoms with Crippen LogP contribution in [-0.2, 0) is 34.3 Å². The molecule has 1 saturated heterocycles. The van der Waals surface area contributed by atoms with Gasteiger partial charge in [0.05, 0.1) is 29.1 Å². The minimum atomic E-state index is -4.19. The molecule has 2 aliphatic carbocycles. The summed E-state index contributed by atoms with van der Waals surface area (Å²) >= 11 is 0. The maximum atomic E-state index is 13.8. The number of imidazole rings is 1. The molecule has 0 aromatic carbocycles. The highest BCUT2D eigenvalue weighted by atomic mass is 31.2. The van der Waals surface area contributed by atoms with Gasteiger partial charge in [-0.25, -0.2) is 39.2 Å². The van der Waals surface area contributed by atoms with Crippen molar-refractivity contribution < 1.29 is 32.5 Å². The van der Waals surface area contributed by atoms with Crippen molar-refractivity contribution in [3.63, 3.8) is 0 Å². The number of phosphoric ester groups is 1. The standard InChI is InChI=1S/C36H45N10O7P/c1-21-10-11-37-31(41-21)25-13-26(25)33(48)43-29-14-28(39-19-40-29)38-15-24-17-44-16-23(22-8-9-22)12-27(32(44)42-24)45-18-30(47)46(34(45)49)20-51-54(50,52-35(2,3)4)53-36(5,6)7/h10-12,14,16-17,19,22,25-26H,8-9,13,15,18,20H2,1-7H3,(H2,38,39,40,43,48)/t25-,26-/m0/s1. The van der Waals surface area contributed by atoms with E-state index >= 15 is 0 Å². The molecule has 2 atom stereocenters. The van der Waals surface area contributed by atoms with E-state index in [-0.39, 0.29) is 30.8 Å². The van der Waals surface area contributed by atoms with E-state index in [0.717, 1.165) is 29.0 Å². The van der Waals surface area contributed by atoms with Gasteiger partial charge >= 0.3 is 13.9 Å². The largest absolute Gasteiger partial charge is 0.477 e. The van der Waals surface area contributed by atoms with Crippen LogP contribution >= 0.6 is 7.82 Å². The van der Waals surface area contributed by atoms with Crippen LogP contribution in [0.25, 0.3) is 5.65 Å². The SMILES string of the molecule is Cc1ccnc([C@H]2C[C@@H]2C(=O)Nc2cc(NCc3cn4cc(C5CC5)cc(N5CC(=O)N(COP(=O)(OC(C)(C)C)OC(C)(C)C)C5=O)c4n3)ncn2)n1. The lowest BCUT2D eigenvalue weighted by Crippen LogP contribution is -2.35. The number of phosphoric acid groups is 1. The van der Waals surface area contributed by atoms with Crippen molar-refractivity contribution in [2.24, 2.45) is 5.92 Å². The molecule has 4 aromatic rings. The smallest absolute Gasteiger partial charge is 0.364 e. The van der Waals surface area contributed by atoms with Crippen LogP contribution in [0.5, 0.6) is 0 Å². The number of aryl methyl sites for hydroxylation is 1. The molecule has 0 spiro atoms. The van der Waals surface area contributed by atoms with E-state index in [1.54, 1.807) is 53.8 Å². The van der Waals surface area contributed by atoms with E-state index in [9.17, 15) is 18.9 Å². The monoisotopic (exact) mass is 760 g/mol. The molecule has 1 aliphatic heterocycles. The van der Waals surface area contributed by atoms with E-state index in [1.165, 1.54) is 11.2 Å². The van der Waals surface area contributed by atoms with Crippen molar-refractivity contribution in [1.82, 2.24) is 34.2 Å². The fraction of sp³-hybridized carbons (Fsp3) is 0.500. The Morgan fingerprint density at radius 1 is 0.981 bits per heavy atom. The first-order valence-corrected chi connectivity index (χ1v) is 19.4. The molecule has 4 amide bonds. The van der Waals surface area contributed by atoms with Gasteiger partial charge in [0.15, 0.2) is 5.65 Å². The number of aromatic nitrogens is 6. The third kappa shape index (κ3) is 8.75. The van der Waals surface area contributed by atoms with E-state index in [2.05, 4.69) is 30.6 Å². The lowest BCUT2D eigenvalue weighted by Gasteiger charge is -2.31. The zero-order chi connectivity index (χ0) is 38.6. The Morgan fingerprint density at radius 3 is 2.39 bits per heavy atom. The van der Waals surface area contributed by atoms with Gasteiger partial charge in [-0.05, 0) is 91.3 Å². The molecular weight excluding hydrogens is 715 g/mol. The highest BCUT2D eigenvalue weighted by Gasteiger charge is 2.46.